The Balaban J connectivity index is 3.03. The van der Waals surface area contributed by atoms with Crippen LogP contribution in [0.25, 0.3) is 0 Å². The molecule has 1 heterocycles. The summed E-state index contributed by atoms with van der Waals surface area (Å²) >= 11 is 0. The topological polar surface area (TPSA) is 54.0 Å². The molecule has 1 rings (SSSR count). The molecule has 0 N–H and O–H groups in total. The highest BCUT2D eigenvalue weighted by Gasteiger charge is 2.44. The summed E-state index contributed by atoms with van der Waals surface area (Å²) in [5.41, 5.74) is 0. The van der Waals surface area contributed by atoms with Crippen LogP contribution in [-0.4, -0.2) is 45.0 Å². The first kappa shape index (κ1) is 21.1. The van der Waals surface area contributed by atoms with E-state index < -0.39 is 38.4 Å². The van der Waals surface area contributed by atoms with Crippen molar-refractivity contribution in [2.24, 2.45) is 0 Å². The van der Waals surface area contributed by atoms with Gasteiger partial charge in [-0.25, -0.2) is 4.79 Å². The van der Waals surface area contributed by atoms with Crippen molar-refractivity contribution in [1.82, 2.24) is 0 Å². The van der Waals surface area contributed by atoms with Crippen molar-refractivity contribution in [3.8, 4) is 0 Å². The number of hydrogen-bond donors (Lipinski definition) is 0. The number of rotatable bonds is 10. The van der Waals surface area contributed by atoms with E-state index in [0.29, 0.717) is 6.61 Å². The Labute approximate surface area is 147 Å². The van der Waals surface area contributed by atoms with Gasteiger partial charge in [0.15, 0.2) is 20.2 Å². The molecule has 3 atom stereocenters. The van der Waals surface area contributed by atoms with Gasteiger partial charge in [-0.15, -0.1) is 6.58 Å². The molecule has 0 bridgehead atoms. The molecule has 0 unspecified atom stereocenters. The predicted molar refractivity (Wildman–Crippen MR) is 97.2 cm³/mol. The maximum atomic E-state index is 11.8. The molecule has 1 aliphatic heterocycles. The molecule has 1 aliphatic rings. The van der Waals surface area contributed by atoms with Gasteiger partial charge in [0.2, 0.25) is 0 Å². The Hall–Kier alpha value is -0.953. The standard InChI is InChI=1S/C18H32O5Si/c1-8-14(23-24(10-3,11-4)12-5)17(21-16(19)9-2)15-13-20-18(6,7)22-15/h8-9,14-15,17H,1-2,10-13H2,3-7H3/t14-,15-,17+/m1/s1. The van der Waals surface area contributed by atoms with Gasteiger partial charge >= 0.3 is 5.97 Å². The molecule has 0 spiro atoms. The zero-order valence-corrected chi connectivity index (χ0v) is 16.7. The van der Waals surface area contributed by atoms with Crippen molar-refractivity contribution < 1.29 is 23.4 Å². The molecule has 138 valence electrons. The Bertz CT molecular complexity index is 436. The molecular weight excluding hydrogens is 324 g/mol. The van der Waals surface area contributed by atoms with E-state index in [1.54, 1.807) is 6.08 Å². The Morgan fingerprint density at radius 1 is 1.29 bits per heavy atom. The van der Waals surface area contributed by atoms with Gasteiger partial charge in [0.25, 0.3) is 0 Å². The first-order valence-electron chi connectivity index (χ1n) is 8.71. The summed E-state index contributed by atoms with van der Waals surface area (Å²) in [5, 5.41) is 0. The second-order valence-electron chi connectivity index (χ2n) is 6.53. The normalized spacial score (nSPS) is 22.6. The molecule has 0 aromatic heterocycles. The number of ether oxygens (including phenoxy) is 3. The Morgan fingerprint density at radius 3 is 2.25 bits per heavy atom. The zero-order valence-electron chi connectivity index (χ0n) is 15.7. The smallest absolute Gasteiger partial charge is 0.330 e. The van der Waals surface area contributed by atoms with E-state index in [0.717, 1.165) is 24.2 Å². The molecule has 0 saturated carbocycles. The number of esters is 1. The average molecular weight is 357 g/mol. The van der Waals surface area contributed by atoms with Crippen molar-refractivity contribution in [1.29, 1.82) is 0 Å². The highest BCUT2D eigenvalue weighted by atomic mass is 28.4. The van der Waals surface area contributed by atoms with Crippen LogP contribution in [0.3, 0.4) is 0 Å². The van der Waals surface area contributed by atoms with Crippen molar-refractivity contribution in [3.05, 3.63) is 25.3 Å². The third-order valence-electron chi connectivity index (χ3n) is 4.69. The molecule has 0 radical (unpaired) electrons. The van der Waals surface area contributed by atoms with E-state index in [1.807, 2.05) is 13.8 Å². The van der Waals surface area contributed by atoms with Crippen LogP contribution in [0, 0.1) is 0 Å². The molecule has 24 heavy (non-hydrogen) atoms. The first-order valence-corrected chi connectivity index (χ1v) is 11.2. The van der Waals surface area contributed by atoms with Crippen LogP contribution in [0.4, 0.5) is 0 Å². The average Bonchev–Trinajstić information content (AvgIpc) is 2.94. The quantitative estimate of drug-likeness (QED) is 0.258. The van der Waals surface area contributed by atoms with Crippen LogP contribution in [0.1, 0.15) is 34.6 Å². The third-order valence-corrected chi connectivity index (χ3v) is 9.33. The summed E-state index contributed by atoms with van der Waals surface area (Å²) < 4.78 is 23.6. The number of carbonyl (C=O) groups is 1. The predicted octanol–water partition coefficient (Wildman–Crippen LogP) is 3.81. The molecule has 1 saturated heterocycles. The van der Waals surface area contributed by atoms with Crippen LogP contribution in [0.5, 0.6) is 0 Å². The zero-order chi connectivity index (χ0) is 18.4. The van der Waals surface area contributed by atoms with Crippen LogP contribution >= 0.6 is 0 Å². The van der Waals surface area contributed by atoms with Gasteiger partial charge in [0.1, 0.15) is 12.2 Å². The highest BCUT2D eigenvalue weighted by Crippen LogP contribution is 2.31. The second-order valence-corrected chi connectivity index (χ2v) is 11.3. The Kier molecular flexibility index (Phi) is 7.86. The fourth-order valence-electron chi connectivity index (χ4n) is 2.95. The third kappa shape index (κ3) is 5.27. The van der Waals surface area contributed by atoms with Gasteiger partial charge in [-0.1, -0.05) is 33.4 Å². The molecule has 0 amide bonds. The lowest BCUT2D eigenvalue weighted by atomic mass is 10.1. The van der Waals surface area contributed by atoms with Gasteiger partial charge in [0, 0.05) is 6.08 Å². The van der Waals surface area contributed by atoms with E-state index in [1.165, 1.54) is 0 Å². The fraction of sp³-hybridized carbons (Fsp3) is 0.722. The van der Waals surface area contributed by atoms with Gasteiger partial charge in [-0.2, -0.15) is 0 Å². The Morgan fingerprint density at radius 2 is 1.88 bits per heavy atom. The highest BCUT2D eigenvalue weighted by molar-refractivity contribution is 6.73. The summed E-state index contributed by atoms with van der Waals surface area (Å²) in [6.07, 6.45) is 1.43. The minimum absolute atomic E-state index is 0.342. The molecule has 0 aliphatic carbocycles. The lowest BCUT2D eigenvalue weighted by Crippen LogP contribution is -2.49. The summed E-state index contributed by atoms with van der Waals surface area (Å²) in [4.78, 5) is 11.8. The van der Waals surface area contributed by atoms with Crippen molar-refractivity contribution >= 4 is 14.3 Å². The van der Waals surface area contributed by atoms with Crippen LogP contribution in [0.15, 0.2) is 25.3 Å². The van der Waals surface area contributed by atoms with Gasteiger partial charge in [-0.3, -0.25) is 0 Å². The van der Waals surface area contributed by atoms with Gasteiger partial charge in [-0.05, 0) is 32.0 Å². The number of carbonyl (C=O) groups excluding carboxylic acids is 1. The molecule has 1 fully saturated rings. The van der Waals surface area contributed by atoms with Crippen LogP contribution in [0.2, 0.25) is 18.1 Å². The molecule has 5 nitrogen and oxygen atoms in total. The molecule has 0 aromatic rings. The first-order chi connectivity index (χ1) is 11.3. The SMILES string of the molecule is C=CC(=O)O[C@@H]([C@@H](C=C)O[Si](CC)(CC)CC)[C@H]1COC(C)(C)O1. The lowest BCUT2D eigenvalue weighted by Gasteiger charge is -2.36. The summed E-state index contributed by atoms with van der Waals surface area (Å²) in [5.74, 6) is -1.20. The van der Waals surface area contributed by atoms with Crippen LogP contribution in [-0.2, 0) is 23.4 Å². The van der Waals surface area contributed by atoms with Crippen LogP contribution < -0.4 is 0 Å². The lowest BCUT2D eigenvalue weighted by molar-refractivity contribution is -0.174. The van der Waals surface area contributed by atoms with Gasteiger partial charge in [0.05, 0.1) is 6.61 Å². The largest absolute Gasteiger partial charge is 0.453 e. The monoisotopic (exact) mass is 356 g/mol. The maximum Gasteiger partial charge on any atom is 0.330 e. The summed E-state index contributed by atoms with van der Waals surface area (Å²) in [6.45, 7) is 17.9. The fourth-order valence-corrected chi connectivity index (χ4v) is 5.76. The van der Waals surface area contributed by atoms with E-state index in [4.69, 9.17) is 18.6 Å². The van der Waals surface area contributed by atoms with E-state index >= 15 is 0 Å². The van der Waals surface area contributed by atoms with E-state index in [-0.39, 0.29) is 0 Å². The summed E-state index contributed by atoms with van der Waals surface area (Å²) in [7, 11) is -1.90. The molecule has 6 heteroatoms. The summed E-state index contributed by atoms with van der Waals surface area (Å²) in [6, 6.07) is 3.00. The molecular formula is C18H32O5Si. The second kappa shape index (κ2) is 8.94. The van der Waals surface area contributed by atoms with Crippen molar-refractivity contribution in [2.75, 3.05) is 6.61 Å². The van der Waals surface area contributed by atoms with E-state index in [9.17, 15) is 4.79 Å². The minimum atomic E-state index is -1.90. The van der Waals surface area contributed by atoms with Crippen molar-refractivity contribution in [2.45, 2.75) is 76.8 Å². The van der Waals surface area contributed by atoms with Gasteiger partial charge < -0.3 is 18.6 Å². The maximum absolute atomic E-state index is 11.8. The molecule has 0 aromatic carbocycles. The number of hydrogen-bond acceptors (Lipinski definition) is 5. The van der Waals surface area contributed by atoms with E-state index in [2.05, 4.69) is 33.9 Å². The van der Waals surface area contributed by atoms with Crippen molar-refractivity contribution in [3.63, 3.8) is 0 Å². The minimum Gasteiger partial charge on any atom is -0.453 e.